The summed E-state index contributed by atoms with van der Waals surface area (Å²) in [6, 6.07) is 1.53. The van der Waals surface area contributed by atoms with E-state index in [0.717, 1.165) is 13.0 Å². The predicted octanol–water partition coefficient (Wildman–Crippen LogP) is 1.84. The first kappa shape index (κ1) is 11.9. The van der Waals surface area contributed by atoms with Gasteiger partial charge in [0.15, 0.2) is 0 Å². The van der Waals surface area contributed by atoms with Gasteiger partial charge in [0.1, 0.15) is 0 Å². The van der Waals surface area contributed by atoms with E-state index in [4.69, 9.17) is 5.73 Å². The highest BCUT2D eigenvalue weighted by atomic mass is 15.2. The highest BCUT2D eigenvalue weighted by Gasteiger charge is 2.15. The van der Waals surface area contributed by atoms with Crippen molar-refractivity contribution in [2.75, 3.05) is 6.54 Å². The maximum atomic E-state index is 5.91. The van der Waals surface area contributed by atoms with Crippen LogP contribution in [0.1, 0.15) is 41.0 Å². The summed E-state index contributed by atoms with van der Waals surface area (Å²) >= 11 is 0. The minimum Gasteiger partial charge on any atom is -0.327 e. The Bertz CT molecular complexity index is 102. The van der Waals surface area contributed by atoms with Gasteiger partial charge in [0, 0.05) is 24.7 Å². The quantitative estimate of drug-likeness (QED) is 0.685. The SMILES string of the molecule is CCC(N)CN(C(C)C)C(C)C. The molecule has 0 fully saturated rings. The van der Waals surface area contributed by atoms with Gasteiger partial charge in [-0.05, 0) is 34.1 Å². The van der Waals surface area contributed by atoms with Crippen molar-refractivity contribution in [3.63, 3.8) is 0 Å². The molecule has 12 heavy (non-hydrogen) atoms. The summed E-state index contributed by atoms with van der Waals surface area (Å²) in [5, 5.41) is 0. The lowest BCUT2D eigenvalue weighted by atomic mass is 10.1. The van der Waals surface area contributed by atoms with Crippen LogP contribution in [-0.2, 0) is 0 Å². The lowest BCUT2D eigenvalue weighted by Crippen LogP contribution is -2.44. The van der Waals surface area contributed by atoms with Crippen LogP contribution in [0.5, 0.6) is 0 Å². The third kappa shape index (κ3) is 4.07. The van der Waals surface area contributed by atoms with Crippen LogP contribution in [-0.4, -0.2) is 29.6 Å². The van der Waals surface area contributed by atoms with Crippen molar-refractivity contribution in [3.8, 4) is 0 Å². The summed E-state index contributed by atoms with van der Waals surface area (Å²) < 4.78 is 0. The van der Waals surface area contributed by atoms with E-state index in [2.05, 4.69) is 39.5 Å². The molecule has 1 unspecified atom stereocenters. The molecule has 2 heteroatoms. The minimum absolute atomic E-state index is 0.329. The van der Waals surface area contributed by atoms with Gasteiger partial charge in [-0.3, -0.25) is 4.90 Å². The van der Waals surface area contributed by atoms with Crippen molar-refractivity contribution < 1.29 is 0 Å². The van der Waals surface area contributed by atoms with Crippen molar-refractivity contribution in [1.29, 1.82) is 0 Å². The van der Waals surface area contributed by atoms with E-state index >= 15 is 0 Å². The molecule has 0 saturated carbocycles. The molecule has 74 valence electrons. The lowest BCUT2D eigenvalue weighted by molar-refractivity contribution is 0.163. The van der Waals surface area contributed by atoms with E-state index in [-0.39, 0.29) is 0 Å². The molecule has 0 bridgehead atoms. The molecule has 0 saturated heterocycles. The van der Waals surface area contributed by atoms with Crippen LogP contribution in [0.2, 0.25) is 0 Å². The Kier molecular flexibility index (Phi) is 5.51. The van der Waals surface area contributed by atoms with Gasteiger partial charge in [-0.2, -0.15) is 0 Å². The monoisotopic (exact) mass is 172 g/mol. The zero-order chi connectivity index (χ0) is 9.72. The molecule has 0 aromatic carbocycles. The van der Waals surface area contributed by atoms with Gasteiger partial charge in [0.05, 0.1) is 0 Å². The van der Waals surface area contributed by atoms with Crippen LogP contribution in [0, 0.1) is 0 Å². The van der Waals surface area contributed by atoms with E-state index in [0.29, 0.717) is 18.1 Å². The Hall–Kier alpha value is -0.0800. The number of nitrogens with zero attached hydrogens (tertiary/aromatic N) is 1. The van der Waals surface area contributed by atoms with Gasteiger partial charge in [-0.1, -0.05) is 6.92 Å². The van der Waals surface area contributed by atoms with Crippen LogP contribution in [0.4, 0.5) is 0 Å². The zero-order valence-corrected chi connectivity index (χ0v) is 9.17. The zero-order valence-electron chi connectivity index (χ0n) is 9.17. The van der Waals surface area contributed by atoms with E-state index < -0.39 is 0 Å². The average Bonchev–Trinajstić information content (AvgIpc) is 1.98. The normalized spacial score (nSPS) is 14.8. The standard InChI is InChI=1S/C10H24N2/c1-6-10(11)7-12(8(2)3)9(4)5/h8-10H,6-7,11H2,1-5H3. The molecule has 0 aliphatic carbocycles. The van der Waals surface area contributed by atoms with Crippen LogP contribution in [0.15, 0.2) is 0 Å². The predicted molar refractivity (Wildman–Crippen MR) is 55.2 cm³/mol. The van der Waals surface area contributed by atoms with Gasteiger partial charge >= 0.3 is 0 Å². The Balaban J connectivity index is 3.95. The van der Waals surface area contributed by atoms with Gasteiger partial charge < -0.3 is 5.73 Å². The summed E-state index contributed by atoms with van der Waals surface area (Å²) in [4.78, 5) is 2.44. The molecule has 0 aromatic rings. The summed E-state index contributed by atoms with van der Waals surface area (Å²) in [5.74, 6) is 0. The Morgan fingerprint density at radius 2 is 1.50 bits per heavy atom. The second-order valence-corrected chi connectivity index (χ2v) is 4.05. The topological polar surface area (TPSA) is 29.3 Å². The lowest BCUT2D eigenvalue weighted by Gasteiger charge is -2.32. The summed E-state index contributed by atoms with van der Waals surface area (Å²) in [6.45, 7) is 12.1. The van der Waals surface area contributed by atoms with Crippen LogP contribution in [0.3, 0.4) is 0 Å². The first-order valence-electron chi connectivity index (χ1n) is 5.00. The Morgan fingerprint density at radius 1 is 1.08 bits per heavy atom. The van der Waals surface area contributed by atoms with Crippen LogP contribution < -0.4 is 5.73 Å². The van der Waals surface area contributed by atoms with E-state index in [1.54, 1.807) is 0 Å². The highest BCUT2D eigenvalue weighted by Crippen LogP contribution is 2.06. The number of nitrogens with two attached hydrogens (primary N) is 1. The highest BCUT2D eigenvalue weighted by molar-refractivity contribution is 4.72. The van der Waals surface area contributed by atoms with Gasteiger partial charge in [-0.15, -0.1) is 0 Å². The van der Waals surface area contributed by atoms with E-state index in [1.807, 2.05) is 0 Å². The molecular formula is C10H24N2. The second kappa shape index (κ2) is 5.55. The number of hydrogen-bond donors (Lipinski definition) is 1. The number of hydrogen-bond acceptors (Lipinski definition) is 2. The molecule has 0 radical (unpaired) electrons. The molecule has 0 heterocycles. The molecule has 2 N–H and O–H groups in total. The van der Waals surface area contributed by atoms with Crippen molar-refractivity contribution in [2.24, 2.45) is 5.73 Å². The molecule has 0 aliphatic heterocycles. The number of rotatable bonds is 5. The van der Waals surface area contributed by atoms with Crippen LogP contribution in [0.25, 0.3) is 0 Å². The smallest absolute Gasteiger partial charge is 0.0165 e. The van der Waals surface area contributed by atoms with Crippen molar-refractivity contribution in [3.05, 3.63) is 0 Å². The van der Waals surface area contributed by atoms with E-state index in [9.17, 15) is 0 Å². The molecule has 2 nitrogen and oxygen atoms in total. The molecule has 0 aromatic heterocycles. The Morgan fingerprint density at radius 3 is 1.75 bits per heavy atom. The van der Waals surface area contributed by atoms with Gasteiger partial charge in [-0.25, -0.2) is 0 Å². The summed E-state index contributed by atoms with van der Waals surface area (Å²) in [6.07, 6.45) is 1.07. The van der Waals surface area contributed by atoms with Gasteiger partial charge in [0.2, 0.25) is 0 Å². The molecule has 0 aliphatic rings. The summed E-state index contributed by atoms with van der Waals surface area (Å²) in [5.41, 5.74) is 5.91. The van der Waals surface area contributed by atoms with Crippen LogP contribution >= 0.6 is 0 Å². The average molecular weight is 172 g/mol. The molecular weight excluding hydrogens is 148 g/mol. The minimum atomic E-state index is 0.329. The van der Waals surface area contributed by atoms with E-state index in [1.165, 1.54) is 0 Å². The molecule has 1 atom stereocenters. The first-order chi connectivity index (χ1) is 5.49. The Labute approximate surface area is 77.1 Å². The van der Waals surface area contributed by atoms with Crippen molar-refractivity contribution in [2.45, 2.75) is 59.2 Å². The van der Waals surface area contributed by atoms with Gasteiger partial charge in [0.25, 0.3) is 0 Å². The van der Waals surface area contributed by atoms with Crippen molar-refractivity contribution in [1.82, 2.24) is 4.90 Å². The molecule has 0 spiro atoms. The third-order valence-corrected chi connectivity index (χ3v) is 2.30. The maximum absolute atomic E-state index is 5.91. The van der Waals surface area contributed by atoms with Crippen molar-refractivity contribution >= 4 is 0 Å². The largest absolute Gasteiger partial charge is 0.327 e. The molecule has 0 rings (SSSR count). The third-order valence-electron chi connectivity index (χ3n) is 2.30. The second-order valence-electron chi connectivity index (χ2n) is 4.05. The molecule has 0 amide bonds. The summed E-state index contributed by atoms with van der Waals surface area (Å²) in [7, 11) is 0. The maximum Gasteiger partial charge on any atom is 0.0165 e. The first-order valence-corrected chi connectivity index (χ1v) is 5.00. The fourth-order valence-electron chi connectivity index (χ4n) is 1.42. The fourth-order valence-corrected chi connectivity index (χ4v) is 1.42. The fraction of sp³-hybridized carbons (Fsp3) is 1.00.